The molecule has 9 nitrogen and oxygen atoms in total. The third kappa shape index (κ3) is 4.83. The summed E-state index contributed by atoms with van der Waals surface area (Å²) in [5.74, 6) is 1.03. The minimum atomic E-state index is -0.259. The van der Waals surface area contributed by atoms with Crippen LogP contribution in [-0.4, -0.2) is 30.5 Å². The van der Waals surface area contributed by atoms with Crippen LogP contribution in [0.2, 0.25) is 0 Å². The van der Waals surface area contributed by atoms with E-state index in [9.17, 15) is 9.59 Å². The number of pyridine rings is 1. The predicted molar refractivity (Wildman–Crippen MR) is 123 cm³/mol. The Hall–Kier alpha value is -4.01. The lowest BCUT2D eigenvalue weighted by Gasteiger charge is -2.06. The van der Waals surface area contributed by atoms with Gasteiger partial charge in [0.25, 0.3) is 11.3 Å². The maximum Gasteiger partial charge on any atom is 0.277 e. The number of anilines is 2. The van der Waals surface area contributed by atoms with E-state index in [1.165, 1.54) is 10.1 Å². The standard InChI is InChI=1S/C23H25N7O2/c1-14-4-6-17(7-5-14)13-25-22-28-23-26-16(3)18(21(32)30(23)29-22)8-9-20(31)27-19-12-15(2)10-11-24-19/h4-7,10-12H,8-9,13H2,1-3H3,(H,24,27,31)(H2,25,26,28,29). The van der Waals surface area contributed by atoms with Crippen LogP contribution < -0.4 is 16.2 Å². The van der Waals surface area contributed by atoms with Crippen molar-refractivity contribution in [2.45, 2.75) is 40.2 Å². The molecule has 0 atom stereocenters. The number of carbonyl (C=O) groups is 1. The van der Waals surface area contributed by atoms with Crippen LogP contribution in [0.5, 0.6) is 0 Å². The predicted octanol–water partition coefficient (Wildman–Crippen LogP) is 2.92. The van der Waals surface area contributed by atoms with Gasteiger partial charge in [0.05, 0.1) is 5.69 Å². The van der Waals surface area contributed by atoms with Crippen molar-refractivity contribution in [3.63, 3.8) is 0 Å². The van der Waals surface area contributed by atoms with Gasteiger partial charge in [0, 0.05) is 24.7 Å². The molecule has 0 aliphatic heterocycles. The highest BCUT2D eigenvalue weighted by molar-refractivity contribution is 5.89. The van der Waals surface area contributed by atoms with Crippen molar-refractivity contribution < 1.29 is 4.79 Å². The Morgan fingerprint density at radius 1 is 1.06 bits per heavy atom. The maximum atomic E-state index is 13.0. The van der Waals surface area contributed by atoms with Gasteiger partial charge in [-0.3, -0.25) is 14.7 Å². The van der Waals surface area contributed by atoms with Crippen molar-refractivity contribution in [1.82, 2.24) is 24.6 Å². The summed E-state index contributed by atoms with van der Waals surface area (Å²) in [5, 5.41) is 8.90. The first kappa shape index (κ1) is 21.2. The molecule has 0 bridgehead atoms. The molecule has 3 N–H and O–H groups in total. The second-order valence-electron chi connectivity index (χ2n) is 7.79. The largest absolute Gasteiger partial charge is 0.351 e. The van der Waals surface area contributed by atoms with Gasteiger partial charge in [-0.15, -0.1) is 0 Å². The van der Waals surface area contributed by atoms with Gasteiger partial charge in [-0.1, -0.05) is 29.8 Å². The van der Waals surface area contributed by atoms with Crippen LogP contribution in [0.25, 0.3) is 5.78 Å². The van der Waals surface area contributed by atoms with Crippen molar-refractivity contribution in [3.05, 3.63) is 80.9 Å². The van der Waals surface area contributed by atoms with Crippen LogP contribution in [0.15, 0.2) is 47.4 Å². The lowest BCUT2D eigenvalue weighted by Crippen LogP contribution is -2.23. The number of hydrogen-bond acceptors (Lipinski definition) is 6. The molecule has 4 rings (SSSR count). The van der Waals surface area contributed by atoms with E-state index in [0.29, 0.717) is 29.6 Å². The summed E-state index contributed by atoms with van der Waals surface area (Å²) in [7, 11) is 0. The molecule has 3 aromatic heterocycles. The average molecular weight is 432 g/mol. The Morgan fingerprint density at radius 3 is 2.59 bits per heavy atom. The van der Waals surface area contributed by atoms with Crippen LogP contribution in [0.4, 0.5) is 11.8 Å². The summed E-state index contributed by atoms with van der Waals surface area (Å²) in [6, 6.07) is 11.8. The minimum Gasteiger partial charge on any atom is -0.351 e. The second-order valence-corrected chi connectivity index (χ2v) is 7.79. The van der Waals surface area contributed by atoms with E-state index in [1.54, 1.807) is 19.2 Å². The van der Waals surface area contributed by atoms with E-state index in [-0.39, 0.29) is 30.1 Å². The number of rotatable bonds is 7. The molecule has 0 saturated heterocycles. The van der Waals surface area contributed by atoms with Crippen molar-refractivity contribution in [2.75, 3.05) is 10.6 Å². The van der Waals surface area contributed by atoms with Crippen LogP contribution in [0.1, 0.15) is 34.4 Å². The number of amides is 1. The van der Waals surface area contributed by atoms with E-state index >= 15 is 0 Å². The monoisotopic (exact) mass is 431 g/mol. The van der Waals surface area contributed by atoms with E-state index in [4.69, 9.17) is 0 Å². The zero-order chi connectivity index (χ0) is 22.7. The van der Waals surface area contributed by atoms with E-state index in [0.717, 1.165) is 11.1 Å². The Labute approximate surface area is 184 Å². The van der Waals surface area contributed by atoms with E-state index in [1.807, 2.05) is 44.2 Å². The number of fused-ring (bicyclic) bond motifs is 1. The molecule has 164 valence electrons. The summed E-state index contributed by atoms with van der Waals surface area (Å²) in [4.78, 5) is 38.2. The molecule has 9 heteroatoms. The molecule has 3 heterocycles. The van der Waals surface area contributed by atoms with Crippen LogP contribution >= 0.6 is 0 Å². The number of carbonyl (C=O) groups excluding carboxylic acids is 1. The Morgan fingerprint density at radius 2 is 1.84 bits per heavy atom. The second kappa shape index (κ2) is 9.01. The molecule has 0 spiro atoms. The molecule has 1 amide bonds. The molecule has 4 aromatic rings. The first-order valence-electron chi connectivity index (χ1n) is 10.4. The fraction of sp³-hybridized carbons (Fsp3) is 0.261. The minimum absolute atomic E-state index is 0.145. The fourth-order valence-corrected chi connectivity index (χ4v) is 3.36. The quantitative estimate of drug-likeness (QED) is 0.414. The van der Waals surface area contributed by atoms with Crippen molar-refractivity contribution in [1.29, 1.82) is 0 Å². The number of nitrogens with zero attached hydrogens (tertiary/aromatic N) is 4. The Kier molecular flexibility index (Phi) is 5.98. The summed E-state index contributed by atoms with van der Waals surface area (Å²) >= 11 is 0. The molecule has 0 radical (unpaired) electrons. The average Bonchev–Trinajstić information content (AvgIpc) is 3.16. The highest BCUT2D eigenvalue weighted by Crippen LogP contribution is 2.11. The summed E-state index contributed by atoms with van der Waals surface area (Å²) in [6.45, 7) is 6.28. The van der Waals surface area contributed by atoms with Gasteiger partial charge in [0.2, 0.25) is 11.9 Å². The number of H-pyrrole nitrogens is 1. The van der Waals surface area contributed by atoms with E-state index < -0.39 is 0 Å². The summed E-state index contributed by atoms with van der Waals surface area (Å²) in [6.07, 6.45) is 2.05. The first-order valence-corrected chi connectivity index (χ1v) is 10.4. The molecule has 0 fully saturated rings. The molecular weight excluding hydrogens is 406 g/mol. The molecule has 32 heavy (non-hydrogen) atoms. The van der Waals surface area contributed by atoms with Gasteiger partial charge < -0.3 is 10.6 Å². The lowest BCUT2D eigenvalue weighted by molar-refractivity contribution is -0.116. The topological polar surface area (TPSA) is 117 Å². The SMILES string of the molecule is Cc1ccc(CNc2nc3nc(C)c(CCC(=O)Nc4cc(C)ccn4)c(=O)n3[nH]2)cc1. The number of aromatic amines is 1. The van der Waals surface area contributed by atoms with Gasteiger partial charge in [-0.25, -0.2) is 9.97 Å². The summed E-state index contributed by atoms with van der Waals surface area (Å²) < 4.78 is 1.31. The summed E-state index contributed by atoms with van der Waals surface area (Å²) in [5.41, 5.74) is 4.08. The smallest absolute Gasteiger partial charge is 0.277 e. The van der Waals surface area contributed by atoms with Crippen molar-refractivity contribution in [2.24, 2.45) is 0 Å². The number of aromatic nitrogens is 5. The fourth-order valence-electron chi connectivity index (χ4n) is 3.36. The number of aryl methyl sites for hydroxylation is 3. The molecule has 1 aromatic carbocycles. The van der Waals surface area contributed by atoms with E-state index in [2.05, 4.69) is 30.7 Å². The Bertz CT molecular complexity index is 1320. The first-order chi connectivity index (χ1) is 15.4. The third-order valence-electron chi connectivity index (χ3n) is 5.16. The third-order valence-corrected chi connectivity index (χ3v) is 5.16. The van der Waals surface area contributed by atoms with Crippen LogP contribution in [0, 0.1) is 20.8 Å². The zero-order valence-corrected chi connectivity index (χ0v) is 18.3. The van der Waals surface area contributed by atoms with Gasteiger partial charge in [0.1, 0.15) is 5.82 Å². The van der Waals surface area contributed by atoms with Gasteiger partial charge in [0.15, 0.2) is 0 Å². The normalized spacial score (nSPS) is 11.0. The molecule has 0 saturated carbocycles. The van der Waals surface area contributed by atoms with Crippen molar-refractivity contribution in [3.8, 4) is 0 Å². The van der Waals surface area contributed by atoms with Crippen molar-refractivity contribution >= 4 is 23.5 Å². The highest BCUT2D eigenvalue weighted by atomic mass is 16.1. The maximum absolute atomic E-state index is 13.0. The Balaban J connectivity index is 1.45. The lowest BCUT2D eigenvalue weighted by atomic mass is 10.1. The van der Waals surface area contributed by atoms with Crippen LogP contribution in [0.3, 0.4) is 0 Å². The van der Waals surface area contributed by atoms with Gasteiger partial charge in [-0.2, -0.15) is 9.50 Å². The highest BCUT2D eigenvalue weighted by Gasteiger charge is 2.15. The number of benzene rings is 1. The zero-order valence-electron chi connectivity index (χ0n) is 18.3. The van der Waals surface area contributed by atoms with Gasteiger partial charge >= 0.3 is 0 Å². The number of nitrogens with one attached hydrogen (secondary N) is 3. The van der Waals surface area contributed by atoms with Crippen LogP contribution in [-0.2, 0) is 17.8 Å². The van der Waals surface area contributed by atoms with Gasteiger partial charge in [-0.05, 0) is 50.5 Å². The molecule has 0 unspecified atom stereocenters. The molecule has 0 aliphatic carbocycles. The molecular formula is C23H25N7O2. The molecule has 0 aliphatic rings. The number of hydrogen-bond donors (Lipinski definition) is 3.